The lowest BCUT2D eigenvalue weighted by Crippen LogP contribution is -2.58. The van der Waals surface area contributed by atoms with Gasteiger partial charge in [0, 0.05) is 75.4 Å². The average molecular weight is 1160 g/mol. The highest BCUT2D eigenvalue weighted by Gasteiger charge is 2.47. The van der Waals surface area contributed by atoms with Gasteiger partial charge in [-0.2, -0.15) is 0 Å². The summed E-state index contributed by atoms with van der Waals surface area (Å²) >= 11 is 0. The molecule has 0 saturated carbocycles. The van der Waals surface area contributed by atoms with Crippen molar-refractivity contribution in [3.8, 4) is 0 Å². The van der Waals surface area contributed by atoms with E-state index >= 15 is 0 Å². The number of likely N-dealkylation sites (tertiary alicyclic amines) is 1. The van der Waals surface area contributed by atoms with Crippen molar-refractivity contribution in [1.82, 2.24) is 20.9 Å². The number of carbonyl (C=O) groups excluding carboxylic acids is 10. The van der Waals surface area contributed by atoms with Crippen LogP contribution < -0.4 is 16.0 Å². The molecule has 4 amide bonds. The molecule has 24 heteroatoms. The highest BCUT2D eigenvalue weighted by Crippen LogP contribution is 2.25. The third kappa shape index (κ3) is 26.1. The first-order chi connectivity index (χ1) is 37.3. The fourth-order valence-electron chi connectivity index (χ4n) is 8.32. The van der Waals surface area contributed by atoms with Crippen LogP contribution in [0.25, 0.3) is 0 Å². The molecule has 2 aliphatic rings. The van der Waals surface area contributed by atoms with E-state index in [9.17, 15) is 56.7 Å². The number of carbonyl (C=O) groups is 10. The number of nitrogens with one attached hydrogen (secondary N) is 3. The number of allylic oxidation sites excluding steroid dienone is 2. The molecule has 3 N–H and O–H groups in total. The normalized spacial score (nSPS) is 19.1. The Kier molecular flexibility index (Phi) is 34.8. The van der Waals surface area contributed by atoms with Crippen molar-refractivity contribution in [2.24, 2.45) is 11.8 Å². The summed E-state index contributed by atoms with van der Waals surface area (Å²) in [7, 11) is 2.39. The van der Waals surface area contributed by atoms with E-state index in [0.29, 0.717) is 37.9 Å². The first-order valence-electron chi connectivity index (χ1n) is 26.3. The summed E-state index contributed by atoms with van der Waals surface area (Å²) < 4.78 is 70.6. The molecule has 2 aliphatic heterocycles. The van der Waals surface area contributed by atoms with E-state index < -0.39 is 126 Å². The number of methoxy groups -OCH3 is 2. The molecule has 1 aromatic rings. The molecule has 3 rings (SSSR count). The van der Waals surface area contributed by atoms with Crippen molar-refractivity contribution in [2.75, 3.05) is 27.3 Å². The number of halogens is 2. The molecule has 2 saturated heterocycles. The highest BCUT2D eigenvalue weighted by atomic mass is 19.2. The predicted octanol–water partition coefficient (Wildman–Crippen LogP) is 5.83. The first-order valence-corrected chi connectivity index (χ1v) is 26.3. The average Bonchev–Trinajstić information content (AvgIpc) is 3.68. The van der Waals surface area contributed by atoms with Crippen LogP contribution in [0.15, 0.2) is 42.5 Å². The van der Waals surface area contributed by atoms with Crippen LogP contribution in [0.1, 0.15) is 141 Å². The summed E-state index contributed by atoms with van der Waals surface area (Å²) in [5, 5.41) is 8.00. The molecular weight excluding hydrogens is 1070 g/mol. The van der Waals surface area contributed by atoms with E-state index in [2.05, 4.69) is 16.0 Å². The van der Waals surface area contributed by atoms with Gasteiger partial charge in [0.15, 0.2) is 60.5 Å². The van der Waals surface area contributed by atoms with Gasteiger partial charge in [-0.15, -0.1) is 0 Å². The summed E-state index contributed by atoms with van der Waals surface area (Å²) in [5.74, 6) is -8.82. The first kappa shape index (κ1) is 74.2. The van der Waals surface area contributed by atoms with Crippen LogP contribution >= 0.6 is 0 Å². The van der Waals surface area contributed by atoms with E-state index in [0.717, 1.165) is 72.4 Å². The van der Waals surface area contributed by atoms with E-state index in [1.165, 1.54) is 44.3 Å². The van der Waals surface area contributed by atoms with Gasteiger partial charge < -0.3 is 58.7 Å². The largest absolute Gasteiger partial charge is 0.455 e. The van der Waals surface area contributed by atoms with Gasteiger partial charge in [0.1, 0.15) is 12.1 Å². The maximum Gasteiger partial charge on any atom is 0.303 e. The Morgan fingerprint density at radius 3 is 1.41 bits per heavy atom. The summed E-state index contributed by atoms with van der Waals surface area (Å²) in [6.07, 6.45) is -0.0394. The fraction of sp³-hybridized carbons (Fsp3) is 0.649. The van der Waals surface area contributed by atoms with Crippen LogP contribution in [0, 0.1) is 23.5 Å². The van der Waals surface area contributed by atoms with Gasteiger partial charge >= 0.3 is 35.8 Å². The number of esters is 6. The third-order valence-electron chi connectivity index (χ3n) is 12.6. The number of hydrogen-bond donors (Lipinski definition) is 3. The van der Waals surface area contributed by atoms with Gasteiger partial charge in [-0.05, 0) is 80.2 Å². The number of hydrogen-bond acceptors (Lipinski definition) is 18. The molecule has 2 heterocycles. The van der Waals surface area contributed by atoms with Crippen LogP contribution in [0.4, 0.5) is 8.78 Å². The number of benzene rings is 1. The molecule has 81 heavy (non-hydrogen) atoms. The zero-order valence-corrected chi connectivity index (χ0v) is 47.3. The van der Waals surface area contributed by atoms with Gasteiger partial charge in [0.05, 0.1) is 0 Å². The molecule has 0 aromatic heterocycles. The van der Waals surface area contributed by atoms with Crippen molar-refractivity contribution in [2.45, 2.75) is 203 Å². The van der Waals surface area contributed by atoms with Crippen LogP contribution in [-0.2, 0) is 92.4 Å². The smallest absolute Gasteiger partial charge is 0.303 e. The fourth-order valence-corrected chi connectivity index (χ4v) is 8.32. The van der Waals surface area contributed by atoms with Crippen LogP contribution in [0.5, 0.6) is 0 Å². The lowest BCUT2D eigenvalue weighted by atomic mass is 9.98. The number of amides is 4. The Morgan fingerprint density at radius 1 is 0.593 bits per heavy atom. The lowest BCUT2D eigenvalue weighted by Gasteiger charge is -2.34. The number of rotatable bonds is 26. The van der Waals surface area contributed by atoms with Gasteiger partial charge in [0.2, 0.25) is 11.8 Å². The SMILES string of the molecule is C.C.CCC(C)/C=C/[C@@H](OC(C)=O)[C@H](OC(C)=O)[C@@H](OC(C)=O)[C@@H](OC)C(=O)N[C@H]1CCCCN(Cc2ccc(F)c(F)c2)C1=O.CCC(C)/C=C/[C@@H](OC(C)=O)[C@H](OC(C)=O)[C@@H](OC(C)=O)[C@@H](OC)C(=O)N[C@H]1CCCCNC1=O. The highest BCUT2D eigenvalue weighted by molar-refractivity contribution is 5.91. The Hall–Kier alpha value is -6.82. The molecule has 1 aromatic carbocycles. The minimum absolute atomic E-state index is 0. The summed E-state index contributed by atoms with van der Waals surface area (Å²) in [6.45, 7) is 15.4. The zero-order chi connectivity index (χ0) is 59.5. The third-order valence-corrected chi connectivity index (χ3v) is 12.6. The van der Waals surface area contributed by atoms with E-state index in [-0.39, 0.29) is 45.6 Å². The van der Waals surface area contributed by atoms with E-state index in [1.807, 2.05) is 27.7 Å². The quantitative estimate of drug-likeness (QED) is 0.0559. The van der Waals surface area contributed by atoms with Crippen LogP contribution in [-0.4, -0.2) is 153 Å². The summed E-state index contributed by atoms with van der Waals surface area (Å²) in [4.78, 5) is 126. The second kappa shape index (κ2) is 38.0. The predicted molar refractivity (Wildman–Crippen MR) is 292 cm³/mol. The Balaban J connectivity index is 0.00000158. The van der Waals surface area contributed by atoms with Crippen LogP contribution in [0.2, 0.25) is 0 Å². The second-order valence-electron chi connectivity index (χ2n) is 19.2. The monoisotopic (exact) mass is 1150 g/mol. The standard InChI is InChI=1S/C31H42F2N2O9.C24H38N2O9.2CH4/c1-7-18(2)11-14-26(42-19(3)36)27(43-20(4)37)28(44-21(5)38)29(41-6)30(39)34-25-10-8-9-15-35(31(25)40)17-22-12-13-23(32)24(33)16-22;1-7-14(2)11-12-19(33-15(3)27)20(34-16(4)28)21(35-17(5)29)22(32-6)24(31)26-18-10-8-9-13-25-23(18)30;;/h11-14,16,18,25-29H,7-10,15,17H2,1-6H3,(H,34,39);11-12,14,18-22H,7-10,13H2,1-6H3,(H,25,30)(H,26,31);2*1H4/b14-11+;12-11+;;/t18?,25-,26+,27-,28+,29+;14?,18-,19+,20-,21+,22+;;/m00../s1. The molecule has 2 unspecified atom stereocenters. The minimum Gasteiger partial charge on any atom is -0.455 e. The molecule has 458 valence electrons. The zero-order valence-electron chi connectivity index (χ0n) is 47.3. The van der Waals surface area contributed by atoms with Crippen molar-refractivity contribution in [3.05, 3.63) is 59.7 Å². The Labute approximate surface area is 475 Å². The number of ether oxygens (including phenoxy) is 8. The Morgan fingerprint density at radius 2 is 1.00 bits per heavy atom. The Bertz CT molecular complexity index is 2300. The molecule has 0 radical (unpaired) electrons. The lowest BCUT2D eigenvalue weighted by molar-refractivity contribution is -0.192. The van der Waals surface area contributed by atoms with Gasteiger partial charge in [-0.25, -0.2) is 8.78 Å². The van der Waals surface area contributed by atoms with Gasteiger partial charge in [-0.3, -0.25) is 47.9 Å². The van der Waals surface area contributed by atoms with Crippen molar-refractivity contribution in [3.63, 3.8) is 0 Å². The van der Waals surface area contributed by atoms with E-state index in [1.54, 1.807) is 12.2 Å². The molecule has 2 fully saturated rings. The topological polar surface area (TPSA) is 284 Å². The van der Waals surface area contributed by atoms with Crippen molar-refractivity contribution < 1.29 is 94.6 Å². The summed E-state index contributed by atoms with van der Waals surface area (Å²) in [5.41, 5.74) is 0.375. The molecule has 0 aliphatic carbocycles. The van der Waals surface area contributed by atoms with Crippen LogP contribution in [0.3, 0.4) is 0 Å². The molecule has 0 bridgehead atoms. The van der Waals surface area contributed by atoms with Crippen molar-refractivity contribution in [1.29, 1.82) is 0 Å². The van der Waals surface area contributed by atoms with Crippen molar-refractivity contribution >= 4 is 59.4 Å². The molecular formula is C57H88F2N4O18. The number of nitrogens with zero attached hydrogens (tertiary/aromatic N) is 1. The molecule has 0 spiro atoms. The van der Waals surface area contributed by atoms with E-state index in [4.69, 9.17) is 37.9 Å². The summed E-state index contributed by atoms with van der Waals surface area (Å²) in [6, 6.07) is 1.54. The molecule has 12 atom stereocenters. The maximum absolute atomic E-state index is 13.8. The second-order valence-corrected chi connectivity index (χ2v) is 19.2. The minimum atomic E-state index is -1.60. The van der Waals surface area contributed by atoms with Gasteiger partial charge in [-0.1, -0.05) is 73.6 Å². The maximum atomic E-state index is 13.8. The van der Waals surface area contributed by atoms with Gasteiger partial charge in [0.25, 0.3) is 11.8 Å². The molecule has 22 nitrogen and oxygen atoms in total.